The summed E-state index contributed by atoms with van der Waals surface area (Å²) in [6, 6.07) is 0. The molecule has 0 saturated carbocycles. The molecule has 0 aromatic carbocycles. The standard InChI is InChI=1S/C2H8N4/c1-6(4)5-2-3/h2H,4H2,1H3,(H2,3,5). The SMILES string of the molecule is CN(N)N=CN. The van der Waals surface area contributed by atoms with Gasteiger partial charge in [-0.1, -0.05) is 0 Å². The Kier molecular flexibility index (Phi) is 2.15. The van der Waals surface area contributed by atoms with E-state index < -0.39 is 0 Å². The van der Waals surface area contributed by atoms with Gasteiger partial charge in [0.2, 0.25) is 0 Å². The van der Waals surface area contributed by atoms with E-state index in [1.165, 1.54) is 0 Å². The molecule has 4 heteroatoms. The molecule has 4 nitrogen and oxygen atoms in total. The number of hydrogen-bond donors (Lipinski definition) is 2. The van der Waals surface area contributed by atoms with Crippen molar-refractivity contribution in [1.29, 1.82) is 0 Å². The second-order valence-corrected chi connectivity index (χ2v) is 0.838. The molecule has 0 fully saturated rings. The van der Waals surface area contributed by atoms with Crippen molar-refractivity contribution in [1.82, 2.24) is 5.12 Å². The van der Waals surface area contributed by atoms with Gasteiger partial charge in [-0.05, 0) is 0 Å². The highest BCUT2D eigenvalue weighted by molar-refractivity contribution is 5.50. The van der Waals surface area contributed by atoms with Gasteiger partial charge in [0, 0.05) is 7.05 Å². The summed E-state index contributed by atoms with van der Waals surface area (Å²) in [7, 11) is 1.59. The van der Waals surface area contributed by atoms with Gasteiger partial charge in [0.15, 0.2) is 0 Å². The van der Waals surface area contributed by atoms with Gasteiger partial charge < -0.3 is 5.73 Å². The van der Waals surface area contributed by atoms with Crippen molar-refractivity contribution in [3.8, 4) is 0 Å². The van der Waals surface area contributed by atoms with E-state index in [2.05, 4.69) is 5.10 Å². The summed E-state index contributed by atoms with van der Waals surface area (Å²) in [5, 5.41) is 4.51. The molecule has 0 saturated heterocycles. The second kappa shape index (κ2) is 2.47. The lowest BCUT2D eigenvalue weighted by atomic mass is 11.3. The van der Waals surface area contributed by atoms with E-state index in [0.717, 1.165) is 11.5 Å². The molecule has 0 amide bonds. The summed E-state index contributed by atoms with van der Waals surface area (Å²) >= 11 is 0. The lowest BCUT2D eigenvalue weighted by Crippen LogP contribution is -2.19. The smallest absolute Gasteiger partial charge is 0.107 e. The summed E-state index contributed by atoms with van der Waals surface area (Å²) < 4.78 is 0. The number of nitrogens with two attached hydrogens (primary N) is 2. The van der Waals surface area contributed by atoms with Crippen LogP contribution in [0.3, 0.4) is 0 Å². The molecule has 0 aromatic rings. The van der Waals surface area contributed by atoms with Gasteiger partial charge in [0.1, 0.15) is 6.34 Å². The molecule has 0 heterocycles. The first-order valence-corrected chi connectivity index (χ1v) is 1.50. The molecule has 0 spiro atoms. The van der Waals surface area contributed by atoms with Gasteiger partial charge in [-0.15, -0.1) is 0 Å². The van der Waals surface area contributed by atoms with Crippen LogP contribution in [0, 0.1) is 0 Å². The van der Waals surface area contributed by atoms with Crippen LogP contribution in [0.4, 0.5) is 0 Å². The Morgan fingerprint density at radius 3 is 2.33 bits per heavy atom. The summed E-state index contributed by atoms with van der Waals surface area (Å²) in [6.07, 6.45) is 1.12. The van der Waals surface area contributed by atoms with Crippen LogP contribution in [0.2, 0.25) is 0 Å². The van der Waals surface area contributed by atoms with Crippen LogP contribution >= 0.6 is 0 Å². The Morgan fingerprint density at radius 2 is 2.33 bits per heavy atom. The van der Waals surface area contributed by atoms with E-state index in [9.17, 15) is 0 Å². The number of hydrazine groups is 1. The minimum atomic E-state index is 1.12. The molecular weight excluding hydrogens is 80.0 g/mol. The number of nitrogens with zero attached hydrogens (tertiary/aromatic N) is 2. The molecule has 0 aromatic heterocycles. The first-order valence-electron chi connectivity index (χ1n) is 1.50. The topological polar surface area (TPSA) is 67.6 Å². The third-order valence-corrected chi connectivity index (χ3v) is 0.249. The lowest BCUT2D eigenvalue weighted by molar-refractivity contribution is 0.373. The quantitative estimate of drug-likeness (QED) is 0.181. The zero-order valence-electron chi connectivity index (χ0n) is 3.63. The van der Waals surface area contributed by atoms with Gasteiger partial charge in [0.05, 0.1) is 0 Å². The average molecular weight is 88.1 g/mol. The highest BCUT2D eigenvalue weighted by atomic mass is 15.6. The van der Waals surface area contributed by atoms with Crippen LogP contribution in [-0.2, 0) is 0 Å². The molecule has 0 rings (SSSR count). The Morgan fingerprint density at radius 1 is 1.83 bits per heavy atom. The van der Waals surface area contributed by atoms with Crippen molar-refractivity contribution >= 4 is 6.34 Å². The Balaban J connectivity index is 3.03. The number of rotatable bonds is 1. The van der Waals surface area contributed by atoms with Crippen molar-refractivity contribution in [3.63, 3.8) is 0 Å². The number of hydrogen-bond acceptors (Lipinski definition) is 3. The monoisotopic (exact) mass is 88.1 g/mol. The first kappa shape index (κ1) is 5.23. The van der Waals surface area contributed by atoms with Crippen LogP contribution < -0.4 is 11.6 Å². The normalized spacial score (nSPS) is 9.67. The van der Waals surface area contributed by atoms with Gasteiger partial charge in [0.25, 0.3) is 0 Å². The molecule has 0 atom stereocenters. The van der Waals surface area contributed by atoms with Crippen LogP contribution in [-0.4, -0.2) is 18.5 Å². The van der Waals surface area contributed by atoms with Gasteiger partial charge >= 0.3 is 0 Å². The summed E-state index contributed by atoms with van der Waals surface area (Å²) in [5.74, 6) is 4.96. The summed E-state index contributed by atoms with van der Waals surface area (Å²) in [6.45, 7) is 0. The first-order chi connectivity index (χ1) is 2.77. The molecule has 0 radical (unpaired) electrons. The molecule has 0 unspecified atom stereocenters. The van der Waals surface area contributed by atoms with E-state index in [0.29, 0.717) is 0 Å². The molecule has 0 aliphatic carbocycles. The fourth-order valence-corrected chi connectivity index (χ4v) is 0.105. The van der Waals surface area contributed by atoms with E-state index in [1.807, 2.05) is 0 Å². The van der Waals surface area contributed by atoms with Crippen LogP contribution in [0.1, 0.15) is 0 Å². The van der Waals surface area contributed by atoms with E-state index in [4.69, 9.17) is 11.6 Å². The zero-order chi connectivity index (χ0) is 4.99. The maximum atomic E-state index is 4.96. The van der Waals surface area contributed by atoms with Crippen molar-refractivity contribution in [2.75, 3.05) is 7.05 Å². The van der Waals surface area contributed by atoms with Gasteiger partial charge in [-0.3, -0.25) is 0 Å². The molecule has 36 valence electrons. The molecule has 4 N–H and O–H groups in total. The van der Waals surface area contributed by atoms with Gasteiger partial charge in [-0.25, -0.2) is 11.0 Å². The van der Waals surface area contributed by atoms with Crippen molar-refractivity contribution in [3.05, 3.63) is 0 Å². The second-order valence-electron chi connectivity index (χ2n) is 0.838. The van der Waals surface area contributed by atoms with Crippen molar-refractivity contribution in [2.45, 2.75) is 0 Å². The summed E-state index contributed by atoms with van der Waals surface area (Å²) in [5.41, 5.74) is 4.82. The Labute approximate surface area is 36.4 Å². The zero-order valence-corrected chi connectivity index (χ0v) is 3.63. The van der Waals surface area contributed by atoms with Crippen molar-refractivity contribution < 1.29 is 0 Å². The minimum absolute atomic E-state index is 1.12. The fourth-order valence-electron chi connectivity index (χ4n) is 0.105. The highest BCUT2D eigenvalue weighted by Crippen LogP contribution is 1.58. The highest BCUT2D eigenvalue weighted by Gasteiger charge is 1.66. The van der Waals surface area contributed by atoms with Crippen molar-refractivity contribution in [2.24, 2.45) is 16.7 Å². The average Bonchev–Trinajstić information content (AvgIpc) is 1.35. The predicted molar refractivity (Wildman–Crippen MR) is 24.6 cm³/mol. The van der Waals surface area contributed by atoms with Gasteiger partial charge in [-0.2, -0.15) is 5.10 Å². The lowest BCUT2D eigenvalue weighted by Gasteiger charge is -1.98. The maximum absolute atomic E-state index is 4.96. The number of hydrazone groups is 1. The Hall–Kier alpha value is -0.770. The Bertz CT molecular complexity index is 47.5. The predicted octanol–water partition coefficient (Wildman–Crippen LogP) is -1.31. The maximum Gasteiger partial charge on any atom is 0.107 e. The third kappa shape index (κ3) is 3.23. The molecule has 6 heavy (non-hydrogen) atoms. The summed E-state index contributed by atoms with van der Waals surface area (Å²) in [4.78, 5) is 0. The minimum Gasteiger partial charge on any atom is -0.388 e. The van der Waals surface area contributed by atoms with E-state index >= 15 is 0 Å². The molecule has 0 bridgehead atoms. The van der Waals surface area contributed by atoms with Crippen LogP contribution in [0.15, 0.2) is 5.10 Å². The van der Waals surface area contributed by atoms with E-state index in [1.54, 1.807) is 7.05 Å². The van der Waals surface area contributed by atoms with E-state index in [-0.39, 0.29) is 0 Å². The fraction of sp³-hybridized carbons (Fsp3) is 0.500. The molecular formula is C2H8N4. The molecule has 0 aliphatic heterocycles. The van der Waals surface area contributed by atoms with Crippen LogP contribution in [0.25, 0.3) is 0 Å². The molecule has 0 aliphatic rings. The third-order valence-electron chi connectivity index (χ3n) is 0.249. The largest absolute Gasteiger partial charge is 0.388 e. The van der Waals surface area contributed by atoms with Crippen LogP contribution in [0.5, 0.6) is 0 Å².